The highest BCUT2D eigenvalue weighted by molar-refractivity contribution is 5.96. The van der Waals surface area contributed by atoms with Gasteiger partial charge in [0.1, 0.15) is 6.10 Å². The minimum absolute atomic E-state index is 0.0220. The van der Waals surface area contributed by atoms with Crippen molar-refractivity contribution in [3.8, 4) is 0 Å². The normalized spacial score (nSPS) is 28.4. The van der Waals surface area contributed by atoms with Gasteiger partial charge in [-0.3, -0.25) is 14.4 Å². The Balaban J connectivity index is 0.000000201. The van der Waals surface area contributed by atoms with Crippen LogP contribution in [0.15, 0.2) is 22.8 Å². The molecule has 1 heterocycles. The molecule has 1 N–H and O–H groups in total. The Morgan fingerprint density at radius 2 is 1.57 bits per heavy atom. The van der Waals surface area contributed by atoms with Crippen LogP contribution < -0.4 is 0 Å². The number of epoxide rings is 1. The molecule has 2 atom stereocenters. The Hall–Kier alpha value is -1.59. The van der Waals surface area contributed by atoms with Crippen LogP contribution in [0.3, 0.4) is 0 Å². The summed E-state index contributed by atoms with van der Waals surface area (Å²) in [5.41, 5.74) is 3.49. The van der Waals surface area contributed by atoms with Crippen molar-refractivity contribution >= 4 is 17.3 Å². The molecule has 1 saturated carbocycles. The van der Waals surface area contributed by atoms with Crippen molar-refractivity contribution in [1.82, 2.24) is 0 Å². The molecule has 0 aromatic rings. The molecule has 5 nitrogen and oxygen atoms in total. The first kappa shape index (κ1) is 24.4. The van der Waals surface area contributed by atoms with E-state index in [0.717, 1.165) is 70.5 Å². The summed E-state index contributed by atoms with van der Waals surface area (Å²) in [6.07, 6.45) is 10.4. The number of allylic oxidation sites excluding steroid dienone is 4. The van der Waals surface area contributed by atoms with E-state index >= 15 is 0 Å². The van der Waals surface area contributed by atoms with Crippen molar-refractivity contribution in [2.24, 2.45) is 0 Å². The monoisotopic (exact) mass is 392 g/mol. The summed E-state index contributed by atoms with van der Waals surface area (Å²) < 4.78 is 5.23. The van der Waals surface area contributed by atoms with Gasteiger partial charge in [0.05, 0.1) is 5.60 Å². The van der Waals surface area contributed by atoms with Gasteiger partial charge in [-0.1, -0.05) is 11.1 Å². The van der Waals surface area contributed by atoms with E-state index in [1.54, 1.807) is 6.08 Å². The fraction of sp³-hybridized carbons (Fsp3) is 0.696. The number of hydrogen-bond acceptors (Lipinski definition) is 5. The van der Waals surface area contributed by atoms with Gasteiger partial charge in [0.25, 0.3) is 0 Å². The van der Waals surface area contributed by atoms with Gasteiger partial charge in [-0.05, 0) is 77.9 Å². The Labute approximate surface area is 169 Å². The van der Waals surface area contributed by atoms with Crippen LogP contribution >= 0.6 is 0 Å². The number of carbonyl (C=O) groups excluding carboxylic acids is 3. The fourth-order valence-electron chi connectivity index (χ4n) is 3.66. The van der Waals surface area contributed by atoms with Gasteiger partial charge >= 0.3 is 0 Å². The summed E-state index contributed by atoms with van der Waals surface area (Å²) in [4.78, 5) is 32.5. The Bertz CT molecular complexity index is 643. The van der Waals surface area contributed by atoms with E-state index < -0.39 is 0 Å². The largest absolute Gasteiger partial charge is 0.400 e. The van der Waals surface area contributed by atoms with Crippen LogP contribution in [0.4, 0.5) is 0 Å². The maximum atomic E-state index is 10.9. The van der Waals surface area contributed by atoms with E-state index in [2.05, 4.69) is 0 Å². The summed E-state index contributed by atoms with van der Waals surface area (Å²) >= 11 is 0. The van der Waals surface area contributed by atoms with Crippen LogP contribution in [0, 0.1) is 0 Å². The van der Waals surface area contributed by atoms with E-state index in [0.29, 0.717) is 17.3 Å². The first-order valence-electron chi connectivity index (χ1n) is 10.3. The minimum Gasteiger partial charge on any atom is -0.400 e. The summed E-state index contributed by atoms with van der Waals surface area (Å²) in [5.74, 6) is 0.955. The third-order valence-electron chi connectivity index (χ3n) is 5.69. The lowest BCUT2D eigenvalue weighted by Crippen LogP contribution is -2.22. The van der Waals surface area contributed by atoms with Crippen LogP contribution in [0.1, 0.15) is 85.5 Å². The van der Waals surface area contributed by atoms with Gasteiger partial charge in [-0.2, -0.15) is 0 Å². The second kappa shape index (κ2) is 11.4. The van der Waals surface area contributed by atoms with Crippen molar-refractivity contribution < 1.29 is 24.2 Å². The fourth-order valence-corrected chi connectivity index (χ4v) is 3.66. The molecule has 3 aliphatic carbocycles. The predicted molar refractivity (Wildman–Crippen MR) is 110 cm³/mol. The van der Waals surface area contributed by atoms with Crippen LogP contribution in [-0.2, 0) is 19.1 Å². The lowest BCUT2D eigenvalue weighted by atomic mass is 9.90. The maximum absolute atomic E-state index is 10.9. The lowest BCUT2D eigenvalue weighted by molar-refractivity contribution is -0.120. The van der Waals surface area contributed by atoms with Gasteiger partial charge in [-0.25, -0.2) is 0 Å². The highest BCUT2D eigenvalue weighted by atomic mass is 16.6. The number of hydrogen-bond donors (Lipinski definition) is 1. The number of Topliss-reactive ketones (excluding diaryl/α,β-unsaturated/α-hetero) is 2. The van der Waals surface area contributed by atoms with Gasteiger partial charge in [-0.15, -0.1) is 0 Å². The molecule has 5 heteroatoms. The first-order valence-corrected chi connectivity index (χ1v) is 10.3. The molecule has 28 heavy (non-hydrogen) atoms. The summed E-state index contributed by atoms with van der Waals surface area (Å²) in [5, 5.41) is 7.00. The predicted octanol–water partition coefficient (Wildman–Crippen LogP) is 4.27. The van der Waals surface area contributed by atoms with Gasteiger partial charge < -0.3 is 9.84 Å². The van der Waals surface area contributed by atoms with Crippen molar-refractivity contribution in [3.63, 3.8) is 0 Å². The molecule has 0 spiro atoms. The van der Waals surface area contributed by atoms with E-state index in [1.807, 2.05) is 27.7 Å². The van der Waals surface area contributed by atoms with Crippen molar-refractivity contribution in [3.05, 3.63) is 22.8 Å². The zero-order chi connectivity index (χ0) is 21.3. The van der Waals surface area contributed by atoms with Crippen molar-refractivity contribution in [2.45, 2.75) is 97.2 Å². The summed E-state index contributed by atoms with van der Waals surface area (Å²) in [7, 11) is 1.00. The number of rotatable bonds is 0. The molecule has 0 aromatic heterocycles. The molecule has 2 unspecified atom stereocenters. The average molecular weight is 393 g/mol. The van der Waals surface area contributed by atoms with Crippen LogP contribution in [0.5, 0.6) is 0 Å². The Morgan fingerprint density at radius 1 is 0.929 bits per heavy atom. The first-order chi connectivity index (χ1) is 13.2. The van der Waals surface area contributed by atoms with E-state index in [9.17, 15) is 14.4 Å². The Morgan fingerprint density at radius 3 is 2.00 bits per heavy atom. The number of aliphatic hydroxyl groups excluding tert-OH is 1. The molecule has 0 bridgehead atoms. The topological polar surface area (TPSA) is 84.0 Å². The molecular weight excluding hydrogens is 356 g/mol. The average Bonchev–Trinajstić information content (AvgIpc) is 3.36. The quantitative estimate of drug-likeness (QED) is 0.623. The van der Waals surface area contributed by atoms with E-state index in [1.165, 1.54) is 11.1 Å². The van der Waals surface area contributed by atoms with Gasteiger partial charge in [0.15, 0.2) is 17.3 Å². The van der Waals surface area contributed by atoms with Gasteiger partial charge in [0.2, 0.25) is 0 Å². The van der Waals surface area contributed by atoms with Crippen molar-refractivity contribution in [1.29, 1.82) is 0 Å². The zero-order valence-corrected chi connectivity index (χ0v) is 18.1. The number of ether oxygens (including phenoxy) is 1. The standard InChI is InChI=1S/C8H12O.C7H10O2.C7H10O.CH4O/c1-6-4-3-5-8(9)7(6)2;1-7-4-2-3-5(8)6(7)9-7;1-6-3-2-4-7(8)5-6;1-2/h3-5H2,1-2H3;6H,2-4H2,1H3;5H,2-4H2,1H3;2H,1H3. The molecule has 4 aliphatic rings. The second-order valence-electron chi connectivity index (χ2n) is 8.12. The number of aliphatic hydroxyl groups is 1. The minimum atomic E-state index is -0.0324. The summed E-state index contributed by atoms with van der Waals surface area (Å²) in [6, 6.07) is 0. The number of fused-ring (bicyclic) bond motifs is 1. The SMILES string of the molecule is CC12CCCC(=O)C1O2.CC1=C(C)C(=O)CCC1.CC1=CC(=O)CCC1.CO. The van der Waals surface area contributed by atoms with Crippen molar-refractivity contribution in [2.75, 3.05) is 7.11 Å². The Kier molecular flexibility index (Phi) is 9.97. The zero-order valence-electron chi connectivity index (χ0n) is 18.1. The second-order valence-corrected chi connectivity index (χ2v) is 8.12. The highest BCUT2D eigenvalue weighted by Gasteiger charge is 2.57. The molecule has 0 radical (unpaired) electrons. The number of carbonyl (C=O) groups is 3. The molecule has 0 aromatic carbocycles. The molecule has 0 amide bonds. The summed E-state index contributed by atoms with van der Waals surface area (Å²) in [6.45, 7) is 8.01. The van der Waals surface area contributed by atoms with E-state index in [-0.39, 0.29) is 11.7 Å². The lowest BCUT2D eigenvalue weighted by Gasteiger charge is -2.11. The van der Waals surface area contributed by atoms with E-state index in [4.69, 9.17) is 9.84 Å². The number of ketones is 3. The van der Waals surface area contributed by atoms with Crippen LogP contribution in [0.25, 0.3) is 0 Å². The van der Waals surface area contributed by atoms with Gasteiger partial charge in [0, 0.05) is 26.4 Å². The van der Waals surface area contributed by atoms with Crippen LogP contribution in [-0.4, -0.2) is 41.3 Å². The molecule has 1 aliphatic heterocycles. The van der Waals surface area contributed by atoms with Crippen LogP contribution in [0.2, 0.25) is 0 Å². The maximum Gasteiger partial charge on any atom is 0.164 e. The molecular formula is C23H36O5. The molecule has 1 saturated heterocycles. The highest BCUT2D eigenvalue weighted by Crippen LogP contribution is 2.45. The molecule has 4 rings (SSSR count). The molecule has 2 fully saturated rings. The molecule has 158 valence electrons. The smallest absolute Gasteiger partial charge is 0.164 e. The third kappa shape index (κ3) is 7.44. The third-order valence-corrected chi connectivity index (χ3v) is 5.69.